The van der Waals surface area contributed by atoms with Crippen LogP contribution in [-0.2, 0) is 9.59 Å². The summed E-state index contributed by atoms with van der Waals surface area (Å²) >= 11 is 0. The van der Waals surface area contributed by atoms with E-state index in [2.05, 4.69) is 4.98 Å². The van der Waals surface area contributed by atoms with E-state index in [-0.39, 0.29) is 6.42 Å². The fraction of sp³-hybridized carbons (Fsp3) is 0.222. The smallest absolute Gasteiger partial charge is 0.304 e. The Morgan fingerprint density at radius 1 is 1.50 bits per heavy atom. The van der Waals surface area contributed by atoms with Crippen LogP contribution in [0.4, 0.5) is 0 Å². The van der Waals surface area contributed by atoms with Gasteiger partial charge < -0.3 is 10.8 Å². The molecule has 0 aliphatic heterocycles. The zero-order valence-electron chi connectivity index (χ0n) is 7.38. The number of aliphatic carboxylic acids is 1. The third kappa shape index (κ3) is 2.55. The van der Waals surface area contributed by atoms with Crippen LogP contribution in [0.15, 0.2) is 24.4 Å². The molecule has 1 atom stereocenters. The van der Waals surface area contributed by atoms with Crippen molar-refractivity contribution in [3.05, 3.63) is 30.1 Å². The summed E-state index contributed by atoms with van der Waals surface area (Å²) in [6, 6.07) is 4.95. The summed E-state index contributed by atoms with van der Waals surface area (Å²) in [6.07, 6.45) is 1.17. The van der Waals surface area contributed by atoms with Crippen molar-refractivity contribution in [2.24, 2.45) is 5.73 Å². The molecule has 1 aromatic rings. The number of carboxylic acids is 1. The molecule has 14 heavy (non-hydrogen) atoms. The van der Waals surface area contributed by atoms with Crippen molar-refractivity contribution in [2.75, 3.05) is 0 Å². The standard InChI is InChI=1S/C9H10N2O3/c10-9(14)6(5-8(12)13)7-3-1-2-4-11-7/h1-4,6H,5H2,(H2,10,14)(H,12,13)/t6-/m0/s1. The summed E-state index contributed by atoms with van der Waals surface area (Å²) in [4.78, 5) is 25.3. The molecule has 3 N–H and O–H groups in total. The van der Waals surface area contributed by atoms with Crippen LogP contribution in [0.2, 0.25) is 0 Å². The van der Waals surface area contributed by atoms with Gasteiger partial charge in [0, 0.05) is 6.20 Å². The number of aromatic nitrogens is 1. The van der Waals surface area contributed by atoms with Crippen LogP contribution in [0, 0.1) is 0 Å². The first-order valence-electron chi connectivity index (χ1n) is 4.03. The number of pyridine rings is 1. The van der Waals surface area contributed by atoms with Crippen molar-refractivity contribution >= 4 is 11.9 Å². The van der Waals surface area contributed by atoms with Gasteiger partial charge in [-0.3, -0.25) is 14.6 Å². The van der Waals surface area contributed by atoms with Crippen molar-refractivity contribution in [1.82, 2.24) is 4.98 Å². The average Bonchev–Trinajstić information content (AvgIpc) is 2.15. The average molecular weight is 194 g/mol. The van der Waals surface area contributed by atoms with Crippen LogP contribution in [0.25, 0.3) is 0 Å². The minimum absolute atomic E-state index is 0.327. The molecule has 0 saturated heterocycles. The highest BCUT2D eigenvalue weighted by Gasteiger charge is 2.21. The quantitative estimate of drug-likeness (QED) is 0.712. The third-order valence-electron chi connectivity index (χ3n) is 1.77. The Morgan fingerprint density at radius 2 is 2.21 bits per heavy atom. The molecular formula is C9H10N2O3. The Balaban J connectivity index is 2.89. The Hall–Kier alpha value is -1.91. The third-order valence-corrected chi connectivity index (χ3v) is 1.77. The van der Waals surface area contributed by atoms with E-state index in [0.29, 0.717) is 5.69 Å². The molecule has 0 aliphatic rings. The first-order chi connectivity index (χ1) is 6.61. The van der Waals surface area contributed by atoms with Crippen molar-refractivity contribution in [3.63, 3.8) is 0 Å². The number of carboxylic acid groups (broad SMARTS) is 1. The number of carbonyl (C=O) groups is 2. The number of nitrogens with two attached hydrogens (primary N) is 1. The molecule has 1 amide bonds. The number of amides is 1. The van der Waals surface area contributed by atoms with Gasteiger partial charge in [-0.1, -0.05) is 6.07 Å². The molecule has 0 bridgehead atoms. The number of hydrogen-bond acceptors (Lipinski definition) is 3. The number of hydrogen-bond donors (Lipinski definition) is 2. The molecule has 74 valence electrons. The van der Waals surface area contributed by atoms with Crippen LogP contribution in [0.1, 0.15) is 18.0 Å². The lowest BCUT2D eigenvalue weighted by atomic mass is 10.0. The van der Waals surface area contributed by atoms with Crippen LogP contribution < -0.4 is 5.73 Å². The minimum atomic E-state index is -1.07. The normalized spacial score (nSPS) is 12.0. The van der Waals surface area contributed by atoms with Gasteiger partial charge in [0.05, 0.1) is 18.0 Å². The molecule has 0 saturated carbocycles. The van der Waals surface area contributed by atoms with Gasteiger partial charge in [0.2, 0.25) is 5.91 Å². The van der Waals surface area contributed by atoms with E-state index in [0.717, 1.165) is 0 Å². The van der Waals surface area contributed by atoms with E-state index in [4.69, 9.17) is 10.8 Å². The summed E-state index contributed by atoms with van der Waals surface area (Å²) < 4.78 is 0. The number of carbonyl (C=O) groups excluding carboxylic acids is 1. The molecule has 0 aromatic carbocycles. The van der Waals surface area contributed by atoms with E-state index >= 15 is 0 Å². The fourth-order valence-electron chi connectivity index (χ4n) is 1.11. The summed E-state index contributed by atoms with van der Waals surface area (Å²) in [5, 5.41) is 8.56. The second-order valence-corrected chi connectivity index (χ2v) is 2.81. The van der Waals surface area contributed by atoms with Gasteiger partial charge in [0.25, 0.3) is 0 Å². The van der Waals surface area contributed by atoms with E-state index in [1.165, 1.54) is 6.20 Å². The number of nitrogens with zero attached hydrogens (tertiary/aromatic N) is 1. The molecular weight excluding hydrogens is 184 g/mol. The Morgan fingerprint density at radius 3 is 2.64 bits per heavy atom. The maximum Gasteiger partial charge on any atom is 0.304 e. The lowest BCUT2D eigenvalue weighted by Crippen LogP contribution is -2.24. The van der Waals surface area contributed by atoms with Crippen LogP contribution in [0.5, 0.6) is 0 Å². The monoisotopic (exact) mass is 194 g/mol. The molecule has 0 spiro atoms. The first kappa shape index (κ1) is 10.2. The lowest BCUT2D eigenvalue weighted by Gasteiger charge is -2.09. The minimum Gasteiger partial charge on any atom is -0.481 e. The molecule has 5 heteroatoms. The number of rotatable bonds is 4. The van der Waals surface area contributed by atoms with E-state index in [1.807, 2.05) is 0 Å². The highest BCUT2D eigenvalue weighted by atomic mass is 16.4. The van der Waals surface area contributed by atoms with Crippen molar-refractivity contribution < 1.29 is 14.7 Å². The predicted molar refractivity (Wildman–Crippen MR) is 48.4 cm³/mol. The van der Waals surface area contributed by atoms with Crippen LogP contribution >= 0.6 is 0 Å². The van der Waals surface area contributed by atoms with Crippen molar-refractivity contribution in [1.29, 1.82) is 0 Å². The molecule has 0 fully saturated rings. The summed E-state index contributed by atoms with van der Waals surface area (Å²) in [5.74, 6) is -2.60. The second kappa shape index (κ2) is 4.36. The van der Waals surface area contributed by atoms with Crippen molar-refractivity contribution in [2.45, 2.75) is 12.3 Å². The molecule has 1 rings (SSSR count). The zero-order valence-corrected chi connectivity index (χ0v) is 7.38. The maximum absolute atomic E-state index is 11.0. The van der Waals surface area contributed by atoms with Gasteiger partial charge in [0.1, 0.15) is 0 Å². The lowest BCUT2D eigenvalue weighted by molar-refractivity contribution is -0.139. The van der Waals surface area contributed by atoms with Crippen LogP contribution in [-0.4, -0.2) is 22.0 Å². The summed E-state index contributed by atoms with van der Waals surface area (Å²) in [6.45, 7) is 0. The molecule has 1 aromatic heterocycles. The first-order valence-corrected chi connectivity index (χ1v) is 4.03. The van der Waals surface area contributed by atoms with E-state index in [9.17, 15) is 9.59 Å². The SMILES string of the molecule is NC(=O)[C@@H](CC(=O)O)c1ccccn1. The highest BCUT2D eigenvalue weighted by molar-refractivity contribution is 5.85. The largest absolute Gasteiger partial charge is 0.481 e. The van der Waals surface area contributed by atoms with Gasteiger partial charge in [-0.2, -0.15) is 0 Å². The summed E-state index contributed by atoms with van der Waals surface area (Å²) in [5.41, 5.74) is 5.47. The molecule has 0 aliphatic carbocycles. The van der Waals surface area contributed by atoms with Crippen LogP contribution in [0.3, 0.4) is 0 Å². The molecule has 0 radical (unpaired) electrons. The Bertz CT molecular complexity index is 337. The topological polar surface area (TPSA) is 93.3 Å². The highest BCUT2D eigenvalue weighted by Crippen LogP contribution is 2.16. The fourth-order valence-corrected chi connectivity index (χ4v) is 1.11. The van der Waals surface area contributed by atoms with Gasteiger partial charge in [-0.25, -0.2) is 0 Å². The predicted octanol–water partition coefficient (Wildman–Crippen LogP) is 0.125. The Kier molecular flexibility index (Phi) is 3.17. The maximum atomic E-state index is 11.0. The summed E-state index contributed by atoms with van der Waals surface area (Å²) in [7, 11) is 0. The molecule has 0 unspecified atom stereocenters. The number of primary amides is 1. The van der Waals surface area contributed by atoms with E-state index < -0.39 is 17.8 Å². The molecule has 1 heterocycles. The van der Waals surface area contributed by atoms with Gasteiger partial charge in [-0.15, -0.1) is 0 Å². The zero-order chi connectivity index (χ0) is 10.6. The van der Waals surface area contributed by atoms with Gasteiger partial charge >= 0.3 is 5.97 Å². The van der Waals surface area contributed by atoms with E-state index in [1.54, 1.807) is 18.2 Å². The second-order valence-electron chi connectivity index (χ2n) is 2.81. The van der Waals surface area contributed by atoms with Gasteiger partial charge in [-0.05, 0) is 12.1 Å². The Labute approximate surface area is 80.6 Å². The van der Waals surface area contributed by atoms with Crippen molar-refractivity contribution in [3.8, 4) is 0 Å². The molecule has 5 nitrogen and oxygen atoms in total. The van der Waals surface area contributed by atoms with Gasteiger partial charge in [0.15, 0.2) is 0 Å².